The lowest BCUT2D eigenvalue weighted by Crippen LogP contribution is -2.48. The molecule has 1 amide bonds. The first kappa shape index (κ1) is 12.5. The number of carbonyl (C=O) groups excluding carboxylic acids is 1. The highest BCUT2D eigenvalue weighted by Gasteiger charge is 2.35. The zero-order valence-corrected chi connectivity index (χ0v) is 10.2. The van der Waals surface area contributed by atoms with Gasteiger partial charge >= 0.3 is 0 Å². The maximum atomic E-state index is 11.9. The molecule has 3 nitrogen and oxygen atoms in total. The predicted octanol–water partition coefficient (Wildman–Crippen LogP) is 1.67. The number of hydrogen-bond donors (Lipinski definition) is 2. The highest BCUT2D eigenvalue weighted by Crippen LogP contribution is 2.39. The van der Waals surface area contributed by atoms with Crippen LogP contribution in [0.2, 0.25) is 0 Å². The molecular formula is C12H24N2O. The molecule has 0 aliphatic heterocycles. The van der Waals surface area contributed by atoms with Crippen LogP contribution in [0.15, 0.2) is 0 Å². The van der Waals surface area contributed by atoms with Crippen LogP contribution >= 0.6 is 0 Å². The number of carbonyl (C=O) groups is 1. The molecule has 88 valence electrons. The van der Waals surface area contributed by atoms with Gasteiger partial charge in [0.1, 0.15) is 0 Å². The van der Waals surface area contributed by atoms with Gasteiger partial charge in [0, 0.05) is 13.1 Å². The summed E-state index contributed by atoms with van der Waals surface area (Å²) in [6.45, 7) is 7.42. The Morgan fingerprint density at radius 2 is 2.13 bits per heavy atom. The third-order valence-electron chi connectivity index (χ3n) is 4.02. The zero-order valence-electron chi connectivity index (χ0n) is 10.2. The Balaban J connectivity index is 2.41. The smallest absolute Gasteiger partial charge is 0.227 e. The van der Waals surface area contributed by atoms with E-state index in [9.17, 15) is 4.79 Å². The van der Waals surface area contributed by atoms with Crippen LogP contribution in [0.25, 0.3) is 0 Å². The van der Waals surface area contributed by atoms with Crippen molar-refractivity contribution in [3.8, 4) is 0 Å². The minimum absolute atomic E-state index is 0.112. The number of hydrogen-bond acceptors (Lipinski definition) is 2. The summed E-state index contributed by atoms with van der Waals surface area (Å²) in [5.41, 5.74) is 5.60. The molecule has 0 aromatic heterocycles. The molecule has 0 bridgehead atoms. The van der Waals surface area contributed by atoms with E-state index in [0.717, 1.165) is 13.0 Å². The van der Waals surface area contributed by atoms with Gasteiger partial charge in [-0.2, -0.15) is 0 Å². The second kappa shape index (κ2) is 4.52. The Morgan fingerprint density at radius 3 is 2.47 bits per heavy atom. The predicted molar refractivity (Wildman–Crippen MR) is 62.4 cm³/mol. The zero-order chi connectivity index (χ0) is 11.5. The molecule has 1 unspecified atom stereocenters. The molecule has 15 heavy (non-hydrogen) atoms. The van der Waals surface area contributed by atoms with Crippen molar-refractivity contribution in [2.45, 2.75) is 46.5 Å². The molecule has 3 N–H and O–H groups in total. The lowest BCUT2D eigenvalue weighted by Gasteiger charge is -2.39. The highest BCUT2D eigenvalue weighted by atomic mass is 16.2. The van der Waals surface area contributed by atoms with E-state index >= 15 is 0 Å². The molecule has 0 spiro atoms. The van der Waals surface area contributed by atoms with Crippen LogP contribution in [0.4, 0.5) is 0 Å². The highest BCUT2D eigenvalue weighted by molar-refractivity contribution is 5.82. The standard InChI is InChI=1S/C12H24N2O/c1-4-12(3,8-13)10(15)14-9-11(2)6-5-7-11/h4-9,13H2,1-3H3,(H,14,15). The second-order valence-electron chi connectivity index (χ2n) is 5.47. The van der Waals surface area contributed by atoms with Gasteiger partial charge in [-0.15, -0.1) is 0 Å². The maximum Gasteiger partial charge on any atom is 0.227 e. The van der Waals surface area contributed by atoms with Crippen molar-refractivity contribution in [3.63, 3.8) is 0 Å². The monoisotopic (exact) mass is 212 g/mol. The van der Waals surface area contributed by atoms with Crippen molar-refractivity contribution >= 4 is 5.91 Å². The van der Waals surface area contributed by atoms with Crippen LogP contribution in [0.3, 0.4) is 0 Å². The largest absolute Gasteiger partial charge is 0.355 e. The molecule has 0 heterocycles. The maximum absolute atomic E-state index is 11.9. The Kier molecular flexibility index (Phi) is 3.77. The molecule has 1 rings (SSSR count). The minimum Gasteiger partial charge on any atom is -0.355 e. The first-order chi connectivity index (χ1) is 6.96. The first-order valence-corrected chi connectivity index (χ1v) is 5.94. The van der Waals surface area contributed by atoms with Crippen molar-refractivity contribution in [1.29, 1.82) is 0 Å². The average Bonchev–Trinajstić information content (AvgIpc) is 2.21. The minimum atomic E-state index is -0.389. The number of rotatable bonds is 5. The fourth-order valence-corrected chi connectivity index (χ4v) is 1.86. The van der Waals surface area contributed by atoms with Gasteiger partial charge in [-0.3, -0.25) is 4.79 Å². The average molecular weight is 212 g/mol. The van der Waals surface area contributed by atoms with Gasteiger partial charge in [-0.25, -0.2) is 0 Å². The molecule has 0 saturated heterocycles. The van der Waals surface area contributed by atoms with Crippen molar-refractivity contribution in [2.24, 2.45) is 16.6 Å². The van der Waals surface area contributed by atoms with Crippen LogP contribution in [0.1, 0.15) is 46.5 Å². The van der Waals surface area contributed by atoms with Crippen LogP contribution in [-0.4, -0.2) is 19.0 Å². The molecule has 0 radical (unpaired) electrons. The summed E-state index contributed by atoms with van der Waals surface area (Å²) >= 11 is 0. The summed E-state index contributed by atoms with van der Waals surface area (Å²) in [4.78, 5) is 11.9. The van der Waals surface area contributed by atoms with Gasteiger partial charge < -0.3 is 11.1 Å². The van der Waals surface area contributed by atoms with Gasteiger partial charge in [0.25, 0.3) is 0 Å². The van der Waals surface area contributed by atoms with E-state index in [-0.39, 0.29) is 11.3 Å². The fourth-order valence-electron chi connectivity index (χ4n) is 1.86. The summed E-state index contributed by atoms with van der Waals surface area (Å²) < 4.78 is 0. The van der Waals surface area contributed by atoms with E-state index in [1.54, 1.807) is 0 Å². The Bertz CT molecular complexity index is 230. The molecular weight excluding hydrogens is 188 g/mol. The second-order valence-corrected chi connectivity index (χ2v) is 5.47. The Morgan fingerprint density at radius 1 is 1.53 bits per heavy atom. The quantitative estimate of drug-likeness (QED) is 0.728. The van der Waals surface area contributed by atoms with Crippen LogP contribution in [-0.2, 0) is 4.79 Å². The van der Waals surface area contributed by atoms with Gasteiger partial charge in [-0.1, -0.05) is 20.3 Å². The van der Waals surface area contributed by atoms with E-state index in [1.165, 1.54) is 19.3 Å². The van der Waals surface area contributed by atoms with Crippen molar-refractivity contribution in [2.75, 3.05) is 13.1 Å². The lowest BCUT2D eigenvalue weighted by molar-refractivity contribution is -0.130. The molecule has 1 aliphatic carbocycles. The third kappa shape index (κ3) is 2.71. The lowest BCUT2D eigenvalue weighted by atomic mass is 9.70. The molecule has 1 aliphatic rings. The van der Waals surface area contributed by atoms with E-state index < -0.39 is 0 Å². The number of nitrogens with one attached hydrogen (secondary N) is 1. The first-order valence-electron chi connectivity index (χ1n) is 5.94. The van der Waals surface area contributed by atoms with Gasteiger partial charge in [-0.05, 0) is 31.6 Å². The summed E-state index contributed by atoms with van der Waals surface area (Å²) in [7, 11) is 0. The summed E-state index contributed by atoms with van der Waals surface area (Å²) in [6.07, 6.45) is 4.57. The normalized spacial score (nSPS) is 22.7. The van der Waals surface area contributed by atoms with E-state index in [1.807, 2.05) is 13.8 Å². The number of nitrogens with two attached hydrogens (primary N) is 1. The third-order valence-corrected chi connectivity index (χ3v) is 4.02. The van der Waals surface area contributed by atoms with Crippen LogP contribution in [0, 0.1) is 10.8 Å². The molecule has 0 aromatic carbocycles. The van der Waals surface area contributed by atoms with E-state index in [4.69, 9.17) is 5.73 Å². The van der Waals surface area contributed by atoms with E-state index in [0.29, 0.717) is 12.0 Å². The molecule has 1 atom stereocenters. The van der Waals surface area contributed by atoms with Gasteiger partial charge in [0.15, 0.2) is 0 Å². The fraction of sp³-hybridized carbons (Fsp3) is 0.917. The topological polar surface area (TPSA) is 55.1 Å². The van der Waals surface area contributed by atoms with Crippen molar-refractivity contribution in [1.82, 2.24) is 5.32 Å². The number of amides is 1. The van der Waals surface area contributed by atoms with Crippen LogP contribution < -0.4 is 11.1 Å². The summed E-state index contributed by atoms with van der Waals surface area (Å²) in [5, 5.41) is 3.05. The SMILES string of the molecule is CCC(C)(CN)C(=O)NCC1(C)CCC1. The van der Waals surface area contributed by atoms with Crippen LogP contribution in [0.5, 0.6) is 0 Å². The summed E-state index contributed by atoms with van der Waals surface area (Å²) in [5.74, 6) is 0.112. The van der Waals surface area contributed by atoms with Gasteiger partial charge in [0.2, 0.25) is 5.91 Å². The molecule has 1 fully saturated rings. The Hall–Kier alpha value is -0.570. The molecule has 0 aromatic rings. The van der Waals surface area contributed by atoms with Crippen molar-refractivity contribution in [3.05, 3.63) is 0 Å². The van der Waals surface area contributed by atoms with Gasteiger partial charge in [0.05, 0.1) is 5.41 Å². The Labute approximate surface area is 92.8 Å². The van der Waals surface area contributed by atoms with E-state index in [2.05, 4.69) is 12.2 Å². The summed E-state index contributed by atoms with van der Waals surface area (Å²) in [6, 6.07) is 0. The molecule has 3 heteroatoms. The molecule has 1 saturated carbocycles. The van der Waals surface area contributed by atoms with Crippen molar-refractivity contribution < 1.29 is 4.79 Å².